The summed E-state index contributed by atoms with van der Waals surface area (Å²) in [6.07, 6.45) is 1.45. The molecule has 0 bridgehead atoms. The molecule has 1 aliphatic rings. The van der Waals surface area contributed by atoms with Gasteiger partial charge in [0.1, 0.15) is 5.75 Å². The van der Waals surface area contributed by atoms with Gasteiger partial charge < -0.3 is 14.2 Å². The average molecular weight is 292 g/mol. The maximum atomic E-state index is 12.3. The predicted molar refractivity (Wildman–Crippen MR) is 76.2 cm³/mol. The maximum absolute atomic E-state index is 12.3. The Morgan fingerprint density at radius 3 is 2.52 bits per heavy atom. The summed E-state index contributed by atoms with van der Waals surface area (Å²) in [7, 11) is 1.60. The zero-order chi connectivity index (χ0) is 15.5. The molecule has 5 heteroatoms. The molecule has 2 rings (SSSR count). The SMILES string of the molecule is CCOC(=O)COC(=O)C1(c2ccc(C)c(OC)c2)CC1. The Balaban J connectivity index is 2.08. The average Bonchev–Trinajstić information content (AvgIpc) is 3.27. The predicted octanol–water partition coefficient (Wildman–Crippen LogP) is 2.14. The molecule has 1 saturated carbocycles. The Kier molecular flexibility index (Phi) is 4.50. The molecule has 1 aromatic carbocycles. The monoisotopic (exact) mass is 292 g/mol. The lowest BCUT2D eigenvalue weighted by molar-refractivity contribution is -0.160. The van der Waals surface area contributed by atoms with E-state index < -0.39 is 11.4 Å². The highest BCUT2D eigenvalue weighted by atomic mass is 16.6. The number of rotatable bonds is 6. The van der Waals surface area contributed by atoms with Gasteiger partial charge in [0, 0.05) is 0 Å². The van der Waals surface area contributed by atoms with E-state index in [-0.39, 0.29) is 19.2 Å². The Labute approximate surface area is 124 Å². The van der Waals surface area contributed by atoms with Gasteiger partial charge in [-0.2, -0.15) is 0 Å². The van der Waals surface area contributed by atoms with Gasteiger partial charge in [-0.3, -0.25) is 4.79 Å². The molecule has 0 aliphatic heterocycles. The maximum Gasteiger partial charge on any atom is 0.344 e. The summed E-state index contributed by atoms with van der Waals surface area (Å²) < 4.78 is 15.1. The molecule has 1 aromatic rings. The Morgan fingerprint density at radius 2 is 1.95 bits per heavy atom. The van der Waals surface area contributed by atoms with Crippen molar-refractivity contribution in [2.24, 2.45) is 0 Å². The van der Waals surface area contributed by atoms with Gasteiger partial charge in [0.2, 0.25) is 0 Å². The number of carbonyl (C=O) groups excluding carboxylic acids is 2. The Hall–Kier alpha value is -2.04. The van der Waals surface area contributed by atoms with Crippen LogP contribution in [0.25, 0.3) is 0 Å². The second kappa shape index (κ2) is 6.16. The summed E-state index contributed by atoms with van der Waals surface area (Å²) in [6, 6.07) is 5.71. The number of esters is 2. The lowest BCUT2D eigenvalue weighted by Crippen LogP contribution is -2.26. The molecule has 0 amide bonds. The summed E-state index contributed by atoms with van der Waals surface area (Å²) >= 11 is 0. The van der Waals surface area contributed by atoms with E-state index in [2.05, 4.69) is 0 Å². The van der Waals surface area contributed by atoms with Crippen molar-refractivity contribution in [1.29, 1.82) is 0 Å². The summed E-state index contributed by atoms with van der Waals surface area (Å²) in [5.41, 5.74) is 1.25. The number of hydrogen-bond acceptors (Lipinski definition) is 5. The third kappa shape index (κ3) is 3.17. The lowest BCUT2D eigenvalue weighted by Gasteiger charge is -2.16. The van der Waals surface area contributed by atoms with Crippen LogP contribution in [-0.4, -0.2) is 32.3 Å². The molecular formula is C16H20O5. The van der Waals surface area contributed by atoms with E-state index in [1.807, 2.05) is 25.1 Å². The molecule has 1 fully saturated rings. The first-order valence-corrected chi connectivity index (χ1v) is 7.01. The zero-order valence-corrected chi connectivity index (χ0v) is 12.6. The van der Waals surface area contributed by atoms with Crippen LogP contribution >= 0.6 is 0 Å². The molecule has 21 heavy (non-hydrogen) atoms. The number of carbonyl (C=O) groups is 2. The summed E-state index contributed by atoms with van der Waals surface area (Å²) in [5.74, 6) is -0.151. The highest BCUT2D eigenvalue weighted by molar-refractivity contribution is 5.88. The minimum atomic E-state index is -0.631. The summed E-state index contributed by atoms with van der Waals surface area (Å²) in [4.78, 5) is 23.5. The van der Waals surface area contributed by atoms with Crippen molar-refractivity contribution in [1.82, 2.24) is 0 Å². The van der Waals surface area contributed by atoms with Gasteiger partial charge in [0.05, 0.1) is 19.1 Å². The van der Waals surface area contributed by atoms with E-state index in [9.17, 15) is 9.59 Å². The van der Waals surface area contributed by atoms with Gasteiger partial charge in [0.15, 0.2) is 6.61 Å². The van der Waals surface area contributed by atoms with Crippen molar-refractivity contribution in [2.45, 2.75) is 32.1 Å². The fourth-order valence-electron chi connectivity index (χ4n) is 2.32. The third-order valence-electron chi connectivity index (χ3n) is 3.73. The molecule has 1 aliphatic carbocycles. The topological polar surface area (TPSA) is 61.8 Å². The number of aryl methyl sites for hydroxylation is 1. The van der Waals surface area contributed by atoms with E-state index in [0.717, 1.165) is 29.7 Å². The molecule has 5 nitrogen and oxygen atoms in total. The number of benzene rings is 1. The van der Waals surface area contributed by atoms with Crippen LogP contribution in [0, 0.1) is 6.92 Å². The molecule has 0 unspecified atom stereocenters. The first-order valence-electron chi connectivity index (χ1n) is 7.01. The highest BCUT2D eigenvalue weighted by Crippen LogP contribution is 2.50. The van der Waals surface area contributed by atoms with E-state index in [1.54, 1.807) is 14.0 Å². The first kappa shape index (κ1) is 15.4. The van der Waals surface area contributed by atoms with Crippen LogP contribution in [0.3, 0.4) is 0 Å². The Morgan fingerprint density at radius 1 is 1.24 bits per heavy atom. The fraction of sp³-hybridized carbons (Fsp3) is 0.500. The second-order valence-electron chi connectivity index (χ2n) is 5.15. The van der Waals surface area contributed by atoms with Crippen molar-refractivity contribution in [3.63, 3.8) is 0 Å². The van der Waals surface area contributed by atoms with Crippen molar-refractivity contribution in [2.75, 3.05) is 20.3 Å². The van der Waals surface area contributed by atoms with Crippen LogP contribution in [0.5, 0.6) is 5.75 Å². The lowest BCUT2D eigenvalue weighted by atomic mass is 9.95. The van der Waals surface area contributed by atoms with Crippen molar-refractivity contribution in [3.05, 3.63) is 29.3 Å². The van der Waals surface area contributed by atoms with Crippen molar-refractivity contribution < 1.29 is 23.8 Å². The Bertz CT molecular complexity index is 546. The standard InChI is InChI=1S/C16H20O5/c1-4-20-14(17)10-21-15(18)16(7-8-16)12-6-5-11(2)13(9-12)19-3/h5-6,9H,4,7-8,10H2,1-3H3. The fourth-order valence-corrected chi connectivity index (χ4v) is 2.32. The van der Waals surface area contributed by atoms with Gasteiger partial charge in [-0.15, -0.1) is 0 Å². The van der Waals surface area contributed by atoms with E-state index in [4.69, 9.17) is 14.2 Å². The second-order valence-corrected chi connectivity index (χ2v) is 5.15. The molecule has 114 valence electrons. The number of methoxy groups -OCH3 is 1. The van der Waals surface area contributed by atoms with Crippen molar-refractivity contribution >= 4 is 11.9 Å². The first-order chi connectivity index (χ1) is 10.0. The minimum absolute atomic E-state index is 0.274. The molecule has 0 saturated heterocycles. The van der Waals surface area contributed by atoms with Crippen molar-refractivity contribution in [3.8, 4) is 5.75 Å². The third-order valence-corrected chi connectivity index (χ3v) is 3.73. The molecular weight excluding hydrogens is 272 g/mol. The minimum Gasteiger partial charge on any atom is -0.496 e. The summed E-state index contributed by atoms with van der Waals surface area (Å²) in [5, 5.41) is 0. The van der Waals surface area contributed by atoms with Crippen LogP contribution in [0.15, 0.2) is 18.2 Å². The molecule has 0 spiro atoms. The van der Waals surface area contributed by atoms with Gasteiger partial charge in [0.25, 0.3) is 0 Å². The zero-order valence-electron chi connectivity index (χ0n) is 12.6. The highest BCUT2D eigenvalue weighted by Gasteiger charge is 2.53. The normalized spacial score (nSPS) is 15.2. The van der Waals surface area contributed by atoms with Gasteiger partial charge in [-0.05, 0) is 43.9 Å². The summed E-state index contributed by atoms with van der Waals surface area (Å²) in [6.45, 7) is 3.59. The van der Waals surface area contributed by atoms with Gasteiger partial charge >= 0.3 is 11.9 Å². The van der Waals surface area contributed by atoms with Crippen LogP contribution in [0.2, 0.25) is 0 Å². The van der Waals surface area contributed by atoms with Crippen LogP contribution in [-0.2, 0) is 24.5 Å². The largest absolute Gasteiger partial charge is 0.496 e. The molecule has 0 heterocycles. The van der Waals surface area contributed by atoms with Gasteiger partial charge in [-0.1, -0.05) is 12.1 Å². The van der Waals surface area contributed by atoms with Crippen LogP contribution in [0.1, 0.15) is 30.9 Å². The van der Waals surface area contributed by atoms with Gasteiger partial charge in [-0.25, -0.2) is 4.79 Å². The quantitative estimate of drug-likeness (QED) is 0.752. The molecule has 0 radical (unpaired) electrons. The van der Waals surface area contributed by atoms with Crippen LogP contribution in [0.4, 0.5) is 0 Å². The molecule has 0 N–H and O–H groups in total. The van der Waals surface area contributed by atoms with E-state index in [1.165, 1.54) is 0 Å². The van der Waals surface area contributed by atoms with E-state index >= 15 is 0 Å². The number of ether oxygens (including phenoxy) is 3. The van der Waals surface area contributed by atoms with Crippen LogP contribution < -0.4 is 4.74 Å². The number of hydrogen-bond donors (Lipinski definition) is 0. The molecule has 0 aromatic heterocycles. The molecule has 0 atom stereocenters. The smallest absolute Gasteiger partial charge is 0.344 e. The van der Waals surface area contributed by atoms with E-state index in [0.29, 0.717) is 0 Å².